The van der Waals surface area contributed by atoms with Gasteiger partial charge in [0, 0.05) is 5.56 Å². The average Bonchev–Trinajstić information content (AvgIpc) is 2.71. The van der Waals surface area contributed by atoms with Gasteiger partial charge in [-0.05, 0) is 42.8 Å². The number of nitriles is 1. The lowest BCUT2D eigenvalue weighted by Crippen LogP contribution is -2.19. The number of fused-ring (bicyclic) bond motifs is 2. The van der Waals surface area contributed by atoms with Gasteiger partial charge in [0.05, 0.1) is 23.6 Å². The number of ether oxygens (including phenoxy) is 2. The minimum absolute atomic E-state index is 0.232. The molecule has 0 bridgehead atoms. The second-order valence-electron chi connectivity index (χ2n) is 6.38. The maximum Gasteiger partial charge on any atom is 0.259 e. The van der Waals surface area contributed by atoms with Gasteiger partial charge in [-0.2, -0.15) is 5.26 Å². The second kappa shape index (κ2) is 7.05. The summed E-state index contributed by atoms with van der Waals surface area (Å²) in [6.07, 6.45) is 3.35. The van der Waals surface area contributed by atoms with E-state index in [1.807, 2.05) is 31.2 Å². The van der Waals surface area contributed by atoms with Gasteiger partial charge in [-0.25, -0.2) is 4.98 Å². The van der Waals surface area contributed by atoms with Crippen LogP contribution in [0.2, 0.25) is 0 Å². The van der Waals surface area contributed by atoms with Crippen LogP contribution in [-0.4, -0.2) is 23.2 Å². The largest absolute Gasteiger partial charge is 0.493 e. The zero-order chi connectivity index (χ0) is 19.7. The molecule has 0 fully saturated rings. The summed E-state index contributed by atoms with van der Waals surface area (Å²) in [7, 11) is 1.60. The molecule has 1 unspecified atom stereocenters. The van der Waals surface area contributed by atoms with Gasteiger partial charge in [-0.1, -0.05) is 24.3 Å². The van der Waals surface area contributed by atoms with Crippen molar-refractivity contribution in [3.05, 3.63) is 75.9 Å². The number of aromatic nitrogens is 2. The van der Waals surface area contributed by atoms with E-state index in [4.69, 9.17) is 9.47 Å². The lowest BCUT2D eigenvalue weighted by molar-refractivity contribution is 0.243. The van der Waals surface area contributed by atoms with Gasteiger partial charge < -0.3 is 14.5 Å². The number of hydrogen-bond donors (Lipinski definition) is 1. The van der Waals surface area contributed by atoms with Crippen molar-refractivity contribution in [1.82, 2.24) is 9.97 Å². The van der Waals surface area contributed by atoms with Crippen molar-refractivity contribution in [3.63, 3.8) is 0 Å². The van der Waals surface area contributed by atoms with Crippen LogP contribution in [-0.2, 0) is 0 Å². The van der Waals surface area contributed by atoms with E-state index in [2.05, 4.69) is 16.0 Å². The molecular weight excluding hydrogens is 354 g/mol. The Balaban J connectivity index is 1.81. The number of nitrogens with one attached hydrogen (secondary N) is 1. The van der Waals surface area contributed by atoms with Crippen LogP contribution in [0.3, 0.4) is 0 Å². The number of allylic oxidation sites excluding steroid dienone is 1. The van der Waals surface area contributed by atoms with Crippen LogP contribution in [0, 0.1) is 11.3 Å². The maximum atomic E-state index is 12.3. The highest BCUT2D eigenvalue weighted by molar-refractivity contribution is 5.83. The van der Waals surface area contributed by atoms with Crippen LogP contribution in [0.25, 0.3) is 22.6 Å². The van der Waals surface area contributed by atoms with E-state index in [-0.39, 0.29) is 23.1 Å². The van der Waals surface area contributed by atoms with E-state index in [1.54, 1.807) is 37.5 Å². The number of methoxy groups -OCH3 is 1. The standard InChI is InChI=1S/C22H17N3O3/c1-13-15(10-14-6-5-9-19(27-2)20(14)28-13)11-16(12-23)21-24-18-8-4-3-7-17(18)22(26)25-21/h3-11,13H,1-2H3,(H,24,25,26). The molecule has 6 heteroatoms. The first kappa shape index (κ1) is 17.6. The Bertz CT molecular complexity index is 1230. The van der Waals surface area contributed by atoms with Crippen molar-refractivity contribution in [2.24, 2.45) is 0 Å². The van der Waals surface area contributed by atoms with E-state index < -0.39 is 0 Å². The van der Waals surface area contributed by atoms with Crippen molar-refractivity contribution in [2.45, 2.75) is 13.0 Å². The van der Waals surface area contributed by atoms with E-state index in [1.165, 1.54) is 0 Å². The Morgan fingerprint density at radius 1 is 1.29 bits per heavy atom. The molecule has 1 aromatic heterocycles. The predicted octanol–water partition coefficient (Wildman–Crippen LogP) is 3.70. The van der Waals surface area contributed by atoms with Gasteiger partial charge in [-0.15, -0.1) is 0 Å². The number of hydrogen-bond acceptors (Lipinski definition) is 5. The molecular formula is C22H17N3O3. The van der Waals surface area contributed by atoms with E-state index in [0.29, 0.717) is 22.4 Å². The molecule has 1 aliphatic heterocycles. The molecule has 0 radical (unpaired) electrons. The lowest BCUT2D eigenvalue weighted by Gasteiger charge is -2.24. The third-order valence-electron chi connectivity index (χ3n) is 4.61. The Morgan fingerprint density at radius 2 is 2.11 bits per heavy atom. The normalized spacial score (nSPS) is 16.0. The van der Waals surface area contributed by atoms with Crippen molar-refractivity contribution in [2.75, 3.05) is 7.11 Å². The smallest absolute Gasteiger partial charge is 0.259 e. The SMILES string of the molecule is COc1cccc2c1OC(C)C(C=C(C#N)c1nc3ccccc3c(=O)[nH]1)=C2. The summed E-state index contributed by atoms with van der Waals surface area (Å²) in [6.45, 7) is 1.89. The fraction of sp³-hybridized carbons (Fsp3) is 0.136. The van der Waals surface area contributed by atoms with Crippen LogP contribution in [0.15, 0.2) is 58.9 Å². The fourth-order valence-electron chi connectivity index (χ4n) is 3.17. The van der Waals surface area contributed by atoms with Crippen molar-refractivity contribution in [1.29, 1.82) is 5.26 Å². The quantitative estimate of drug-likeness (QED) is 0.709. The van der Waals surface area contributed by atoms with Gasteiger partial charge in [0.25, 0.3) is 5.56 Å². The van der Waals surface area contributed by atoms with Crippen LogP contribution in [0.1, 0.15) is 18.3 Å². The Hall–Kier alpha value is -3.85. The summed E-state index contributed by atoms with van der Waals surface area (Å²) in [6, 6.07) is 14.8. The van der Waals surface area contributed by atoms with Crippen molar-refractivity contribution < 1.29 is 9.47 Å². The summed E-state index contributed by atoms with van der Waals surface area (Å²) in [5.41, 5.74) is 2.18. The highest BCUT2D eigenvalue weighted by atomic mass is 16.5. The number of H-pyrrole nitrogens is 1. The molecule has 4 rings (SSSR count). The van der Waals surface area contributed by atoms with Crippen LogP contribution in [0.4, 0.5) is 0 Å². The zero-order valence-electron chi connectivity index (χ0n) is 15.4. The lowest BCUT2D eigenvalue weighted by atomic mass is 10.00. The molecule has 138 valence electrons. The minimum Gasteiger partial charge on any atom is -0.493 e. The summed E-state index contributed by atoms with van der Waals surface area (Å²) < 4.78 is 11.4. The molecule has 0 spiro atoms. The van der Waals surface area contributed by atoms with Gasteiger partial charge in [0.2, 0.25) is 0 Å². The molecule has 0 aliphatic carbocycles. The molecule has 1 N–H and O–H groups in total. The Kier molecular flexibility index (Phi) is 4.42. The summed E-state index contributed by atoms with van der Waals surface area (Å²) in [5, 5.41) is 10.2. The summed E-state index contributed by atoms with van der Waals surface area (Å²) >= 11 is 0. The van der Waals surface area contributed by atoms with Crippen molar-refractivity contribution >= 4 is 22.6 Å². The van der Waals surface area contributed by atoms with Gasteiger partial charge in [0.15, 0.2) is 17.3 Å². The Morgan fingerprint density at radius 3 is 2.89 bits per heavy atom. The van der Waals surface area contributed by atoms with E-state index in [0.717, 1.165) is 11.1 Å². The molecule has 0 saturated carbocycles. The molecule has 3 aromatic rings. The third kappa shape index (κ3) is 3.03. The number of benzene rings is 2. The average molecular weight is 371 g/mol. The first-order valence-electron chi connectivity index (χ1n) is 8.77. The predicted molar refractivity (Wildman–Crippen MR) is 107 cm³/mol. The molecule has 28 heavy (non-hydrogen) atoms. The van der Waals surface area contributed by atoms with E-state index >= 15 is 0 Å². The Labute approximate surface area is 161 Å². The van der Waals surface area contributed by atoms with E-state index in [9.17, 15) is 10.1 Å². The first-order chi connectivity index (χ1) is 13.6. The molecule has 1 atom stereocenters. The maximum absolute atomic E-state index is 12.3. The molecule has 6 nitrogen and oxygen atoms in total. The third-order valence-corrected chi connectivity index (χ3v) is 4.61. The highest BCUT2D eigenvalue weighted by Gasteiger charge is 2.21. The molecule has 0 amide bonds. The van der Waals surface area contributed by atoms with Crippen LogP contribution >= 0.6 is 0 Å². The second-order valence-corrected chi connectivity index (χ2v) is 6.38. The van der Waals surface area contributed by atoms with Gasteiger partial charge in [-0.3, -0.25) is 4.79 Å². The fourth-order valence-corrected chi connectivity index (χ4v) is 3.17. The van der Waals surface area contributed by atoms with Gasteiger partial charge >= 0.3 is 0 Å². The molecule has 0 saturated heterocycles. The van der Waals surface area contributed by atoms with Crippen LogP contribution < -0.4 is 15.0 Å². The topological polar surface area (TPSA) is 88.0 Å². The summed E-state index contributed by atoms with van der Waals surface area (Å²) in [5.74, 6) is 1.56. The van der Waals surface area contributed by atoms with Crippen molar-refractivity contribution in [3.8, 4) is 17.6 Å². The number of rotatable bonds is 3. The number of para-hydroxylation sites is 2. The zero-order valence-corrected chi connectivity index (χ0v) is 15.4. The van der Waals surface area contributed by atoms with Gasteiger partial charge in [0.1, 0.15) is 12.2 Å². The number of nitrogens with zero attached hydrogens (tertiary/aromatic N) is 2. The molecule has 2 aromatic carbocycles. The highest BCUT2D eigenvalue weighted by Crippen LogP contribution is 2.38. The first-order valence-corrected chi connectivity index (χ1v) is 8.77. The minimum atomic E-state index is -0.292. The molecule has 1 aliphatic rings. The monoisotopic (exact) mass is 371 g/mol. The number of aromatic amines is 1. The summed E-state index contributed by atoms with van der Waals surface area (Å²) in [4.78, 5) is 19.5. The molecule has 2 heterocycles. The van der Waals surface area contributed by atoms with Crippen LogP contribution in [0.5, 0.6) is 11.5 Å².